The van der Waals surface area contributed by atoms with Gasteiger partial charge in [-0.15, -0.1) is 11.6 Å². The van der Waals surface area contributed by atoms with E-state index in [-0.39, 0.29) is 17.7 Å². The largest absolute Gasteiger partial charge is 0.369 e. The van der Waals surface area contributed by atoms with Crippen LogP contribution in [-0.2, 0) is 9.59 Å². The second kappa shape index (κ2) is 4.24. The molecule has 5 heteroatoms. The molecule has 0 aromatic rings. The number of hydrogen-bond donors (Lipinski definition) is 1. The average molecular weight is 247 g/mol. The number of carbonyl (C=O) groups is 2. The van der Waals surface area contributed by atoms with Crippen LogP contribution in [-0.4, -0.2) is 35.7 Å². The highest BCUT2D eigenvalue weighted by Crippen LogP contribution is 2.32. The Morgan fingerprint density at radius 1 is 1.50 bits per heavy atom. The van der Waals surface area contributed by atoms with Crippen LogP contribution in [0.4, 0.5) is 0 Å². The normalized spacial score (nSPS) is 25.9. The Bertz CT molecular complexity index is 317. The molecule has 0 aliphatic carbocycles. The molecule has 1 aliphatic heterocycles. The monoisotopic (exact) mass is 246 g/mol. The summed E-state index contributed by atoms with van der Waals surface area (Å²) in [5.74, 6) is -0.0748. The summed E-state index contributed by atoms with van der Waals surface area (Å²) in [5, 5.41) is 0. The summed E-state index contributed by atoms with van der Waals surface area (Å²) < 4.78 is 0. The summed E-state index contributed by atoms with van der Waals surface area (Å²) in [6.45, 7) is 6.40. The Morgan fingerprint density at radius 2 is 2.06 bits per heavy atom. The summed E-state index contributed by atoms with van der Waals surface area (Å²) in [6.07, 6.45) is 0.631. The van der Waals surface area contributed by atoms with Gasteiger partial charge in [-0.1, -0.05) is 0 Å². The molecular weight excluding hydrogens is 228 g/mol. The number of hydrogen-bond acceptors (Lipinski definition) is 2. The lowest BCUT2D eigenvalue weighted by molar-refractivity contribution is -0.139. The molecule has 1 heterocycles. The fourth-order valence-corrected chi connectivity index (χ4v) is 1.94. The van der Waals surface area contributed by atoms with E-state index in [4.69, 9.17) is 17.3 Å². The molecule has 1 unspecified atom stereocenters. The fraction of sp³-hybridized carbons (Fsp3) is 0.818. The highest BCUT2D eigenvalue weighted by atomic mass is 35.5. The summed E-state index contributed by atoms with van der Waals surface area (Å²) in [4.78, 5) is 25.1. The lowest BCUT2D eigenvalue weighted by Gasteiger charge is -2.28. The van der Waals surface area contributed by atoms with Gasteiger partial charge in [0, 0.05) is 19.0 Å². The molecule has 1 aliphatic rings. The molecule has 16 heavy (non-hydrogen) atoms. The zero-order valence-corrected chi connectivity index (χ0v) is 10.8. The Labute approximate surface area is 101 Å². The van der Waals surface area contributed by atoms with Crippen molar-refractivity contribution in [1.29, 1.82) is 0 Å². The first kappa shape index (κ1) is 13.3. The van der Waals surface area contributed by atoms with Crippen LogP contribution in [0.3, 0.4) is 0 Å². The van der Waals surface area contributed by atoms with Crippen molar-refractivity contribution < 1.29 is 9.59 Å². The van der Waals surface area contributed by atoms with Gasteiger partial charge < -0.3 is 10.6 Å². The number of amides is 2. The molecule has 0 aromatic carbocycles. The van der Waals surface area contributed by atoms with Crippen molar-refractivity contribution in [3.63, 3.8) is 0 Å². The van der Waals surface area contributed by atoms with Gasteiger partial charge in [0.25, 0.3) is 0 Å². The Kier molecular flexibility index (Phi) is 3.53. The van der Waals surface area contributed by atoms with Crippen LogP contribution in [0, 0.1) is 10.8 Å². The maximum Gasteiger partial charge on any atom is 0.229 e. The lowest BCUT2D eigenvalue weighted by atomic mass is 9.89. The van der Waals surface area contributed by atoms with Gasteiger partial charge in [0.2, 0.25) is 11.8 Å². The summed E-state index contributed by atoms with van der Waals surface area (Å²) in [7, 11) is 0. The zero-order chi connectivity index (χ0) is 12.6. The third kappa shape index (κ3) is 2.32. The molecule has 92 valence electrons. The van der Waals surface area contributed by atoms with Crippen LogP contribution in [0.1, 0.15) is 27.2 Å². The van der Waals surface area contributed by atoms with Crippen molar-refractivity contribution in [2.45, 2.75) is 27.2 Å². The molecule has 2 amide bonds. The molecule has 2 N–H and O–H groups in total. The van der Waals surface area contributed by atoms with Crippen molar-refractivity contribution >= 4 is 23.4 Å². The molecule has 4 nitrogen and oxygen atoms in total. The van der Waals surface area contributed by atoms with E-state index in [0.29, 0.717) is 19.5 Å². The number of nitrogens with two attached hydrogens (primary N) is 1. The molecule has 0 saturated carbocycles. The number of carbonyl (C=O) groups excluding carboxylic acids is 2. The van der Waals surface area contributed by atoms with Crippen LogP contribution in [0.2, 0.25) is 0 Å². The van der Waals surface area contributed by atoms with Crippen LogP contribution in [0.25, 0.3) is 0 Å². The zero-order valence-electron chi connectivity index (χ0n) is 10.0. The van der Waals surface area contributed by atoms with Gasteiger partial charge in [0.15, 0.2) is 0 Å². The van der Waals surface area contributed by atoms with Gasteiger partial charge in [0.1, 0.15) is 0 Å². The molecule has 1 saturated heterocycles. The van der Waals surface area contributed by atoms with E-state index < -0.39 is 10.8 Å². The maximum absolute atomic E-state index is 12.1. The first-order valence-electron chi connectivity index (χ1n) is 5.38. The minimum Gasteiger partial charge on any atom is -0.369 e. The van der Waals surface area contributed by atoms with Gasteiger partial charge >= 0.3 is 0 Å². The van der Waals surface area contributed by atoms with Crippen molar-refractivity contribution in [3.8, 4) is 0 Å². The second-order valence-corrected chi connectivity index (χ2v) is 5.69. The van der Waals surface area contributed by atoms with Crippen molar-refractivity contribution in [2.75, 3.05) is 19.0 Å². The fourth-order valence-electron chi connectivity index (χ4n) is 1.82. The minimum atomic E-state index is -0.585. The van der Waals surface area contributed by atoms with Crippen molar-refractivity contribution in [1.82, 2.24) is 4.90 Å². The molecule has 0 bridgehead atoms. The van der Waals surface area contributed by atoms with Crippen LogP contribution in [0.5, 0.6) is 0 Å². The van der Waals surface area contributed by atoms with Gasteiger partial charge in [-0.05, 0) is 27.2 Å². The van der Waals surface area contributed by atoms with Crippen molar-refractivity contribution in [2.24, 2.45) is 16.6 Å². The molecule has 1 fully saturated rings. The first-order valence-corrected chi connectivity index (χ1v) is 5.92. The third-order valence-corrected chi connectivity index (χ3v) is 3.94. The molecular formula is C11H19ClN2O2. The number of halogens is 1. The van der Waals surface area contributed by atoms with E-state index in [1.54, 1.807) is 11.8 Å². The van der Waals surface area contributed by atoms with Gasteiger partial charge in [-0.25, -0.2) is 0 Å². The van der Waals surface area contributed by atoms with Gasteiger partial charge in [-0.3, -0.25) is 9.59 Å². The summed E-state index contributed by atoms with van der Waals surface area (Å²) in [6, 6.07) is 0. The van der Waals surface area contributed by atoms with Crippen molar-refractivity contribution in [3.05, 3.63) is 0 Å². The van der Waals surface area contributed by atoms with Crippen LogP contribution < -0.4 is 5.73 Å². The standard InChI is InChI=1S/C11H19ClN2O2/c1-10(2,6-12)9(16)14-5-4-11(3,7-14)8(13)15/h4-7H2,1-3H3,(H2,13,15). The minimum absolute atomic E-state index is 0.00697. The molecule has 1 rings (SSSR count). The lowest BCUT2D eigenvalue weighted by Crippen LogP contribution is -2.43. The molecule has 1 atom stereocenters. The smallest absolute Gasteiger partial charge is 0.229 e. The quantitative estimate of drug-likeness (QED) is 0.755. The topological polar surface area (TPSA) is 63.4 Å². The third-order valence-electron chi connectivity index (χ3n) is 3.27. The van der Waals surface area contributed by atoms with E-state index in [0.717, 1.165) is 0 Å². The molecule has 0 aromatic heterocycles. The van der Waals surface area contributed by atoms with E-state index in [9.17, 15) is 9.59 Å². The Hall–Kier alpha value is -0.770. The average Bonchev–Trinajstić information content (AvgIpc) is 2.61. The number of primary amides is 1. The van der Waals surface area contributed by atoms with E-state index in [1.165, 1.54) is 0 Å². The predicted molar refractivity (Wildman–Crippen MR) is 63.0 cm³/mol. The maximum atomic E-state index is 12.1. The van der Waals surface area contributed by atoms with Gasteiger partial charge in [0.05, 0.1) is 10.8 Å². The second-order valence-electron chi connectivity index (χ2n) is 5.42. The summed E-state index contributed by atoms with van der Waals surface area (Å²) >= 11 is 5.76. The highest BCUT2D eigenvalue weighted by molar-refractivity contribution is 6.19. The van der Waals surface area contributed by atoms with E-state index in [2.05, 4.69) is 0 Å². The highest BCUT2D eigenvalue weighted by Gasteiger charge is 2.43. The number of nitrogens with zero attached hydrogens (tertiary/aromatic N) is 1. The number of rotatable bonds is 3. The number of likely N-dealkylation sites (tertiary alicyclic amines) is 1. The van der Waals surface area contributed by atoms with Crippen LogP contribution in [0.15, 0.2) is 0 Å². The Morgan fingerprint density at radius 3 is 2.44 bits per heavy atom. The molecule has 0 radical (unpaired) electrons. The first-order chi connectivity index (χ1) is 7.23. The SMILES string of the molecule is CC(C)(CCl)C(=O)N1CCC(C)(C(N)=O)C1. The molecule has 0 spiro atoms. The van der Waals surface area contributed by atoms with E-state index in [1.807, 2.05) is 13.8 Å². The van der Waals surface area contributed by atoms with E-state index >= 15 is 0 Å². The predicted octanol–water partition coefficient (Wildman–Crippen LogP) is 0.975. The summed E-state index contributed by atoms with van der Waals surface area (Å²) in [5.41, 5.74) is 4.17. The number of alkyl halides is 1. The Balaban J connectivity index is 2.74. The van der Waals surface area contributed by atoms with Crippen LogP contribution >= 0.6 is 11.6 Å². The van der Waals surface area contributed by atoms with Gasteiger partial charge in [-0.2, -0.15) is 0 Å².